The Morgan fingerprint density at radius 1 is 0.971 bits per heavy atom. The van der Waals surface area contributed by atoms with Gasteiger partial charge in [-0.2, -0.15) is 0 Å². The van der Waals surface area contributed by atoms with Crippen LogP contribution in [0.2, 0.25) is 0 Å². The maximum absolute atomic E-state index is 11.8. The minimum atomic E-state index is -0.361. The molecule has 3 heterocycles. The Labute approximate surface area is 199 Å². The maximum atomic E-state index is 11.8. The summed E-state index contributed by atoms with van der Waals surface area (Å²) in [7, 11) is 1.44. The lowest BCUT2D eigenvalue weighted by Crippen LogP contribution is -2.28. The largest absolute Gasteiger partial charge is 0.469 e. The van der Waals surface area contributed by atoms with Gasteiger partial charge in [-0.1, -0.05) is 62.3 Å². The van der Waals surface area contributed by atoms with E-state index in [0.29, 0.717) is 18.3 Å². The zero-order chi connectivity index (χ0) is 24.0. The quantitative estimate of drug-likeness (QED) is 0.459. The number of carbonyl (C=O) groups excluding carboxylic acids is 1. The normalized spacial score (nSPS) is 23.8. The van der Waals surface area contributed by atoms with Crippen LogP contribution in [0.3, 0.4) is 0 Å². The van der Waals surface area contributed by atoms with E-state index in [2.05, 4.69) is 51.9 Å². The summed E-state index contributed by atoms with van der Waals surface area (Å²) in [5.74, 6) is 0.405. The van der Waals surface area contributed by atoms with E-state index in [1.54, 1.807) is 0 Å². The molecule has 1 N–H and O–H groups in total. The van der Waals surface area contributed by atoms with Gasteiger partial charge in [0.05, 0.1) is 24.7 Å². The lowest BCUT2D eigenvalue weighted by atomic mass is 9.77. The van der Waals surface area contributed by atoms with Gasteiger partial charge in [-0.25, -0.2) is 0 Å². The lowest BCUT2D eigenvalue weighted by molar-refractivity contribution is -0.148. The van der Waals surface area contributed by atoms with Crippen LogP contribution in [0.25, 0.3) is 11.1 Å². The standard InChI is InChI=1S/C27H31N3O4/c1-25(2,3)23-29-30-24(33-23)28-21-11-7-19(8-12-21)18-5-9-20(10-6-18)27-15-13-26(34-27,14-16-27)17-22(31)32-4/h5-12H,13-17H2,1-4H3,(H,28,30). The van der Waals surface area contributed by atoms with Crippen LogP contribution in [0, 0.1) is 0 Å². The number of carbonyl (C=O) groups is 1. The first-order valence-electron chi connectivity index (χ1n) is 11.8. The number of fused-ring (bicyclic) bond motifs is 2. The van der Waals surface area contributed by atoms with Crippen molar-refractivity contribution in [3.05, 3.63) is 60.0 Å². The molecule has 2 aromatic carbocycles. The van der Waals surface area contributed by atoms with Gasteiger partial charge in [-0.15, -0.1) is 5.10 Å². The smallest absolute Gasteiger partial charge is 0.320 e. The Morgan fingerprint density at radius 3 is 2.15 bits per heavy atom. The molecule has 2 aliphatic rings. The van der Waals surface area contributed by atoms with Crippen molar-refractivity contribution >= 4 is 17.7 Å². The van der Waals surface area contributed by atoms with E-state index in [1.807, 2.05) is 32.9 Å². The predicted molar refractivity (Wildman–Crippen MR) is 129 cm³/mol. The van der Waals surface area contributed by atoms with Crippen molar-refractivity contribution in [1.82, 2.24) is 10.2 Å². The molecule has 7 nitrogen and oxygen atoms in total. The fraction of sp³-hybridized carbons (Fsp3) is 0.444. The van der Waals surface area contributed by atoms with Gasteiger partial charge < -0.3 is 19.2 Å². The highest BCUT2D eigenvalue weighted by Crippen LogP contribution is 2.57. The first-order chi connectivity index (χ1) is 16.2. The summed E-state index contributed by atoms with van der Waals surface area (Å²) in [5, 5.41) is 11.4. The number of nitrogens with zero attached hydrogens (tertiary/aromatic N) is 2. The summed E-state index contributed by atoms with van der Waals surface area (Å²) in [6, 6.07) is 17.1. The van der Waals surface area contributed by atoms with E-state index < -0.39 is 0 Å². The number of anilines is 2. The van der Waals surface area contributed by atoms with E-state index in [9.17, 15) is 4.79 Å². The second-order valence-electron chi connectivity index (χ2n) is 10.5. The highest BCUT2D eigenvalue weighted by molar-refractivity contribution is 5.71. The van der Waals surface area contributed by atoms with Crippen LogP contribution in [-0.2, 0) is 25.3 Å². The van der Waals surface area contributed by atoms with Gasteiger partial charge in [0.25, 0.3) is 0 Å². The molecule has 0 atom stereocenters. The molecule has 178 valence electrons. The van der Waals surface area contributed by atoms with E-state index in [4.69, 9.17) is 13.9 Å². The molecule has 2 aliphatic heterocycles. The van der Waals surface area contributed by atoms with Gasteiger partial charge in [0.1, 0.15) is 0 Å². The second-order valence-corrected chi connectivity index (χ2v) is 10.5. The summed E-state index contributed by atoms with van der Waals surface area (Å²) in [6.45, 7) is 6.11. The van der Waals surface area contributed by atoms with Gasteiger partial charge in [0.15, 0.2) is 0 Å². The molecule has 1 aromatic heterocycles. The lowest BCUT2D eigenvalue weighted by Gasteiger charge is -2.25. The Morgan fingerprint density at radius 2 is 1.59 bits per heavy atom. The maximum Gasteiger partial charge on any atom is 0.320 e. The van der Waals surface area contributed by atoms with Gasteiger partial charge in [0.2, 0.25) is 5.89 Å². The fourth-order valence-corrected chi connectivity index (χ4v) is 5.04. The molecule has 0 spiro atoms. The molecule has 5 rings (SSSR count). The average Bonchev–Trinajstić information content (AvgIpc) is 3.54. The Balaban J connectivity index is 1.26. The molecule has 2 saturated heterocycles. The number of hydrogen-bond donors (Lipinski definition) is 1. The number of ether oxygens (including phenoxy) is 2. The van der Waals surface area contributed by atoms with E-state index >= 15 is 0 Å². The van der Waals surface area contributed by atoms with Gasteiger partial charge in [-0.05, 0) is 54.5 Å². The average molecular weight is 462 g/mol. The number of nitrogens with one attached hydrogen (secondary N) is 1. The molecule has 3 aromatic rings. The Kier molecular flexibility index (Phi) is 5.47. The third-order valence-electron chi connectivity index (χ3n) is 7.02. The molecule has 0 radical (unpaired) electrons. The topological polar surface area (TPSA) is 86.5 Å². The number of benzene rings is 2. The minimum absolute atomic E-state index is 0.187. The molecule has 0 unspecified atom stereocenters. The van der Waals surface area contributed by atoms with Crippen LogP contribution in [-0.4, -0.2) is 28.9 Å². The van der Waals surface area contributed by atoms with Crippen LogP contribution >= 0.6 is 0 Å². The minimum Gasteiger partial charge on any atom is -0.469 e. The molecule has 0 aliphatic carbocycles. The molecule has 0 amide bonds. The second kappa shape index (κ2) is 8.24. The molecule has 7 heteroatoms. The molecule has 34 heavy (non-hydrogen) atoms. The van der Waals surface area contributed by atoms with Crippen LogP contribution in [0.5, 0.6) is 0 Å². The summed E-state index contributed by atoms with van der Waals surface area (Å²) in [6.07, 6.45) is 4.02. The van der Waals surface area contributed by atoms with Crippen LogP contribution in [0.1, 0.15) is 64.3 Å². The molecule has 0 saturated carbocycles. The number of rotatable bonds is 6. The fourth-order valence-electron chi connectivity index (χ4n) is 5.04. The number of esters is 1. The SMILES string of the molecule is COC(=O)CC12CCC(c3ccc(-c4ccc(Nc5nnc(C(C)(C)C)o5)cc4)cc3)(CC1)O2. The van der Waals surface area contributed by atoms with Crippen molar-refractivity contribution in [3.8, 4) is 11.1 Å². The Bertz CT molecular complexity index is 1170. The number of hydrogen-bond acceptors (Lipinski definition) is 7. The van der Waals surface area contributed by atoms with Crippen molar-refractivity contribution in [1.29, 1.82) is 0 Å². The van der Waals surface area contributed by atoms with E-state index in [-0.39, 0.29) is 22.6 Å². The molecule has 2 bridgehead atoms. The molecular formula is C27H31N3O4. The summed E-state index contributed by atoms with van der Waals surface area (Å²) in [5.41, 5.74) is 3.50. The summed E-state index contributed by atoms with van der Waals surface area (Å²) < 4.78 is 17.1. The van der Waals surface area contributed by atoms with Crippen molar-refractivity contribution < 1.29 is 18.7 Å². The van der Waals surface area contributed by atoms with Crippen molar-refractivity contribution in [2.45, 2.75) is 69.5 Å². The van der Waals surface area contributed by atoms with Gasteiger partial charge in [0, 0.05) is 11.1 Å². The number of methoxy groups -OCH3 is 1. The van der Waals surface area contributed by atoms with E-state index in [1.165, 1.54) is 12.7 Å². The predicted octanol–water partition coefficient (Wildman–Crippen LogP) is 5.88. The summed E-state index contributed by atoms with van der Waals surface area (Å²) in [4.78, 5) is 11.8. The highest BCUT2D eigenvalue weighted by Gasteiger charge is 2.57. The van der Waals surface area contributed by atoms with Crippen molar-refractivity contribution in [2.75, 3.05) is 12.4 Å². The molecule has 2 fully saturated rings. The van der Waals surface area contributed by atoms with E-state index in [0.717, 1.165) is 42.5 Å². The monoisotopic (exact) mass is 461 g/mol. The zero-order valence-corrected chi connectivity index (χ0v) is 20.2. The van der Waals surface area contributed by atoms with Crippen LogP contribution in [0.4, 0.5) is 11.7 Å². The van der Waals surface area contributed by atoms with Gasteiger partial charge >= 0.3 is 12.0 Å². The highest BCUT2D eigenvalue weighted by atomic mass is 16.5. The zero-order valence-electron chi connectivity index (χ0n) is 20.2. The Hall–Kier alpha value is -3.19. The van der Waals surface area contributed by atoms with Crippen LogP contribution < -0.4 is 5.32 Å². The number of aromatic nitrogens is 2. The molecular weight excluding hydrogens is 430 g/mol. The summed E-state index contributed by atoms with van der Waals surface area (Å²) >= 11 is 0. The first-order valence-corrected chi connectivity index (χ1v) is 11.8. The van der Waals surface area contributed by atoms with Crippen LogP contribution in [0.15, 0.2) is 52.9 Å². The van der Waals surface area contributed by atoms with Gasteiger partial charge in [-0.3, -0.25) is 4.79 Å². The van der Waals surface area contributed by atoms with Crippen molar-refractivity contribution in [3.63, 3.8) is 0 Å². The third kappa shape index (κ3) is 4.20. The van der Waals surface area contributed by atoms with Crippen molar-refractivity contribution in [2.24, 2.45) is 0 Å². The third-order valence-corrected chi connectivity index (χ3v) is 7.02. The first kappa shape index (κ1) is 22.6.